The van der Waals surface area contributed by atoms with Gasteiger partial charge in [-0.1, -0.05) is 41.7 Å². The lowest BCUT2D eigenvalue weighted by molar-refractivity contribution is 0.112. The Bertz CT molecular complexity index is 897. The Kier molecular flexibility index (Phi) is 4.96. The number of nitrogens with one attached hydrogen (secondary N) is 2. The van der Waals surface area contributed by atoms with E-state index in [9.17, 15) is 4.79 Å². The molecule has 1 aliphatic heterocycles. The predicted octanol–water partition coefficient (Wildman–Crippen LogP) is 3.97. The van der Waals surface area contributed by atoms with Crippen molar-refractivity contribution in [2.75, 3.05) is 11.9 Å². The lowest BCUT2D eigenvalue weighted by Crippen LogP contribution is -2.28. The summed E-state index contributed by atoms with van der Waals surface area (Å²) in [6, 6.07) is 9.80. The Labute approximate surface area is 159 Å². The number of aromatic nitrogens is 2. The van der Waals surface area contributed by atoms with Crippen LogP contribution in [0.1, 0.15) is 21.1 Å². The highest BCUT2D eigenvalue weighted by atomic mass is 32.1. The number of benzene rings is 1. The number of carbonyl (C=O) groups is 1. The number of urea groups is 1. The minimum atomic E-state index is -0.258. The summed E-state index contributed by atoms with van der Waals surface area (Å²) in [6.07, 6.45) is 0.803. The molecule has 6 nitrogen and oxygen atoms in total. The molecule has 0 radical (unpaired) electrons. The van der Waals surface area contributed by atoms with Crippen LogP contribution in [0.25, 0.3) is 10.6 Å². The molecule has 134 valence electrons. The molecule has 1 aromatic carbocycles. The summed E-state index contributed by atoms with van der Waals surface area (Å²) in [7, 11) is 0. The number of nitrogens with zero attached hydrogens (tertiary/aromatic N) is 2. The molecule has 4 rings (SSSR count). The van der Waals surface area contributed by atoms with Crippen molar-refractivity contribution in [3.05, 3.63) is 51.5 Å². The molecule has 2 N–H and O–H groups in total. The molecule has 0 unspecified atom stereocenters. The van der Waals surface area contributed by atoms with Gasteiger partial charge in [0.05, 0.1) is 36.0 Å². The lowest BCUT2D eigenvalue weighted by atomic mass is 10.2. The first kappa shape index (κ1) is 17.1. The molecular formula is C18H18N4O2S2. The van der Waals surface area contributed by atoms with Crippen LogP contribution in [-0.4, -0.2) is 22.6 Å². The van der Waals surface area contributed by atoms with Crippen molar-refractivity contribution < 1.29 is 9.53 Å². The predicted molar refractivity (Wildman–Crippen MR) is 104 cm³/mol. The van der Waals surface area contributed by atoms with Gasteiger partial charge in [0.15, 0.2) is 5.13 Å². The highest BCUT2D eigenvalue weighted by Crippen LogP contribution is 2.28. The summed E-state index contributed by atoms with van der Waals surface area (Å²) in [4.78, 5) is 23.4. The Morgan fingerprint density at radius 2 is 2.08 bits per heavy atom. The molecule has 0 atom stereocenters. The van der Waals surface area contributed by atoms with E-state index in [4.69, 9.17) is 4.74 Å². The first-order valence-electron chi connectivity index (χ1n) is 8.32. The topological polar surface area (TPSA) is 76.1 Å². The zero-order valence-corrected chi connectivity index (χ0v) is 15.9. The first-order valence-corrected chi connectivity index (χ1v) is 9.95. The standard InChI is InChI=1S/C18H18N4O2S2/c1-11-14(25-16(20-11)12-5-3-2-4-6-12)9-19-17(23)22-18-21-13-7-8-24-10-15(13)26-18/h2-6H,7-10H2,1H3,(H2,19,21,22,23). The molecule has 8 heteroatoms. The molecule has 2 amide bonds. The lowest BCUT2D eigenvalue weighted by Gasteiger charge is -2.08. The molecule has 0 saturated carbocycles. The van der Waals surface area contributed by atoms with E-state index in [1.807, 2.05) is 37.3 Å². The molecule has 3 heterocycles. The van der Waals surface area contributed by atoms with E-state index in [1.54, 1.807) is 11.3 Å². The third-order valence-corrected chi connectivity index (χ3v) is 6.23. The van der Waals surface area contributed by atoms with Gasteiger partial charge in [-0.3, -0.25) is 5.32 Å². The van der Waals surface area contributed by atoms with Crippen molar-refractivity contribution in [3.63, 3.8) is 0 Å². The minimum Gasteiger partial charge on any atom is -0.375 e. The SMILES string of the molecule is Cc1nc(-c2ccccc2)sc1CNC(=O)Nc1nc2c(s1)COCC2. The number of thiazole rings is 2. The molecule has 26 heavy (non-hydrogen) atoms. The van der Waals surface area contributed by atoms with Gasteiger partial charge in [0.1, 0.15) is 5.01 Å². The molecular weight excluding hydrogens is 368 g/mol. The van der Waals surface area contributed by atoms with Crippen LogP contribution in [0.2, 0.25) is 0 Å². The van der Waals surface area contributed by atoms with Crippen LogP contribution in [0.5, 0.6) is 0 Å². The summed E-state index contributed by atoms with van der Waals surface area (Å²) < 4.78 is 5.41. The van der Waals surface area contributed by atoms with Crippen LogP contribution < -0.4 is 10.6 Å². The smallest absolute Gasteiger partial charge is 0.321 e. The zero-order valence-electron chi connectivity index (χ0n) is 14.2. The number of anilines is 1. The Hall–Kier alpha value is -2.29. The molecule has 0 spiro atoms. The van der Waals surface area contributed by atoms with E-state index in [-0.39, 0.29) is 6.03 Å². The maximum absolute atomic E-state index is 12.2. The monoisotopic (exact) mass is 386 g/mol. The fraction of sp³-hybridized carbons (Fsp3) is 0.278. The van der Waals surface area contributed by atoms with Gasteiger partial charge < -0.3 is 10.1 Å². The van der Waals surface area contributed by atoms with Gasteiger partial charge in [0.25, 0.3) is 0 Å². The van der Waals surface area contributed by atoms with E-state index in [0.29, 0.717) is 24.9 Å². The van der Waals surface area contributed by atoms with Gasteiger partial charge in [0.2, 0.25) is 0 Å². The van der Waals surface area contributed by atoms with Crippen molar-refractivity contribution >= 4 is 33.8 Å². The Morgan fingerprint density at radius 1 is 1.23 bits per heavy atom. The average molecular weight is 387 g/mol. The molecule has 0 fully saturated rings. The van der Waals surface area contributed by atoms with Crippen LogP contribution >= 0.6 is 22.7 Å². The number of rotatable bonds is 4. The van der Waals surface area contributed by atoms with E-state index in [1.165, 1.54) is 11.3 Å². The van der Waals surface area contributed by atoms with Crippen molar-refractivity contribution in [2.24, 2.45) is 0 Å². The summed E-state index contributed by atoms with van der Waals surface area (Å²) in [5.41, 5.74) is 3.06. The van der Waals surface area contributed by atoms with E-state index in [2.05, 4.69) is 20.6 Å². The largest absolute Gasteiger partial charge is 0.375 e. The molecule has 1 aliphatic rings. The summed E-state index contributed by atoms with van der Waals surface area (Å²) >= 11 is 3.07. The normalized spacial score (nSPS) is 13.3. The fourth-order valence-corrected chi connectivity index (χ4v) is 4.63. The quantitative estimate of drug-likeness (QED) is 0.711. The van der Waals surface area contributed by atoms with Crippen LogP contribution in [-0.2, 0) is 24.3 Å². The molecule has 0 aliphatic carbocycles. The maximum atomic E-state index is 12.2. The number of hydrogen-bond donors (Lipinski definition) is 2. The summed E-state index contributed by atoms with van der Waals surface area (Å²) in [5, 5.41) is 7.28. The number of hydrogen-bond acceptors (Lipinski definition) is 6. The summed E-state index contributed by atoms with van der Waals surface area (Å²) in [5.74, 6) is 0. The fourth-order valence-electron chi connectivity index (χ4n) is 2.68. The zero-order chi connectivity index (χ0) is 17.9. The number of carbonyl (C=O) groups excluding carboxylic acids is 1. The van der Waals surface area contributed by atoms with Gasteiger partial charge in [-0.05, 0) is 6.92 Å². The molecule has 2 aromatic heterocycles. The second-order valence-corrected chi connectivity index (χ2v) is 8.06. The van der Waals surface area contributed by atoms with Crippen molar-refractivity contribution in [1.82, 2.24) is 15.3 Å². The number of fused-ring (bicyclic) bond motifs is 1. The Morgan fingerprint density at radius 3 is 2.88 bits per heavy atom. The molecule has 0 bridgehead atoms. The van der Waals surface area contributed by atoms with Gasteiger partial charge in [-0.2, -0.15) is 0 Å². The highest BCUT2D eigenvalue weighted by Gasteiger charge is 2.17. The van der Waals surface area contributed by atoms with Gasteiger partial charge in [0, 0.05) is 16.9 Å². The average Bonchev–Trinajstić information content (AvgIpc) is 3.23. The van der Waals surface area contributed by atoms with Gasteiger partial charge >= 0.3 is 6.03 Å². The van der Waals surface area contributed by atoms with Crippen molar-refractivity contribution in [3.8, 4) is 10.6 Å². The second kappa shape index (κ2) is 7.53. The number of amides is 2. The minimum absolute atomic E-state index is 0.258. The van der Waals surface area contributed by atoms with Crippen LogP contribution in [0.3, 0.4) is 0 Å². The highest BCUT2D eigenvalue weighted by molar-refractivity contribution is 7.16. The van der Waals surface area contributed by atoms with Gasteiger partial charge in [-0.25, -0.2) is 14.8 Å². The van der Waals surface area contributed by atoms with E-state index >= 15 is 0 Å². The number of ether oxygens (including phenoxy) is 1. The van der Waals surface area contributed by atoms with Crippen molar-refractivity contribution in [2.45, 2.75) is 26.5 Å². The van der Waals surface area contributed by atoms with Crippen LogP contribution in [0.4, 0.5) is 9.93 Å². The number of aryl methyl sites for hydroxylation is 1. The Balaban J connectivity index is 1.37. The van der Waals surface area contributed by atoms with E-state index < -0.39 is 0 Å². The first-order chi connectivity index (χ1) is 12.7. The maximum Gasteiger partial charge on any atom is 0.321 e. The van der Waals surface area contributed by atoms with Gasteiger partial charge in [-0.15, -0.1) is 11.3 Å². The summed E-state index contributed by atoms with van der Waals surface area (Å²) in [6.45, 7) is 3.68. The molecule has 3 aromatic rings. The third-order valence-electron chi connectivity index (χ3n) is 4.04. The molecule has 0 saturated heterocycles. The van der Waals surface area contributed by atoms with Crippen molar-refractivity contribution in [1.29, 1.82) is 0 Å². The van der Waals surface area contributed by atoms with E-state index in [0.717, 1.165) is 38.1 Å². The van der Waals surface area contributed by atoms with Crippen LogP contribution in [0.15, 0.2) is 30.3 Å². The second-order valence-electron chi connectivity index (χ2n) is 5.89. The van der Waals surface area contributed by atoms with Crippen LogP contribution in [0, 0.1) is 6.92 Å². The third kappa shape index (κ3) is 3.77.